The van der Waals surface area contributed by atoms with Gasteiger partial charge in [-0.1, -0.05) is 16.6 Å². The van der Waals surface area contributed by atoms with Crippen LogP contribution >= 0.6 is 11.5 Å². The Morgan fingerprint density at radius 1 is 1.39 bits per heavy atom. The Labute approximate surface area is 106 Å². The first kappa shape index (κ1) is 10.8. The summed E-state index contributed by atoms with van der Waals surface area (Å²) in [7, 11) is 1.57. The number of fused-ring (bicyclic) bond motifs is 1. The summed E-state index contributed by atoms with van der Waals surface area (Å²) >= 11 is 1.17. The zero-order valence-electron chi connectivity index (χ0n) is 9.49. The molecule has 0 saturated carbocycles. The summed E-state index contributed by atoms with van der Waals surface area (Å²) in [6, 6.07) is 7.70. The number of nitrogens with zero attached hydrogens (tertiary/aromatic N) is 4. The number of hydrogen-bond donors (Lipinski definition) is 1. The van der Waals surface area contributed by atoms with Gasteiger partial charge in [0.25, 0.3) is 5.91 Å². The average molecular weight is 259 g/mol. The van der Waals surface area contributed by atoms with Crippen molar-refractivity contribution in [1.29, 1.82) is 0 Å². The van der Waals surface area contributed by atoms with Crippen molar-refractivity contribution in [3.63, 3.8) is 0 Å². The van der Waals surface area contributed by atoms with Gasteiger partial charge in [-0.25, -0.2) is 4.98 Å². The van der Waals surface area contributed by atoms with E-state index < -0.39 is 0 Å². The van der Waals surface area contributed by atoms with E-state index in [1.165, 1.54) is 11.5 Å². The molecular formula is C11H9N5OS. The van der Waals surface area contributed by atoms with Crippen molar-refractivity contribution in [1.82, 2.24) is 24.5 Å². The van der Waals surface area contributed by atoms with Gasteiger partial charge in [0.2, 0.25) is 0 Å². The topological polar surface area (TPSA) is 72.7 Å². The molecule has 0 bridgehead atoms. The fourth-order valence-electron chi connectivity index (χ4n) is 1.73. The molecule has 2 aromatic heterocycles. The van der Waals surface area contributed by atoms with E-state index in [-0.39, 0.29) is 5.91 Å². The standard InChI is InChI=1S/C11H9N5OS/c1-12-10(17)9-11(18-15-14-9)16-6-13-7-4-2-3-5-8(7)16/h2-6H,1H3,(H,12,17). The van der Waals surface area contributed by atoms with Crippen LogP contribution in [0.15, 0.2) is 30.6 Å². The van der Waals surface area contributed by atoms with Crippen molar-refractivity contribution < 1.29 is 4.79 Å². The summed E-state index contributed by atoms with van der Waals surface area (Å²) in [5.41, 5.74) is 2.10. The van der Waals surface area contributed by atoms with Gasteiger partial charge in [-0.05, 0) is 12.1 Å². The lowest BCUT2D eigenvalue weighted by Crippen LogP contribution is -2.19. The van der Waals surface area contributed by atoms with Gasteiger partial charge in [-0.2, -0.15) is 0 Å². The number of hydrogen-bond acceptors (Lipinski definition) is 5. The van der Waals surface area contributed by atoms with Crippen LogP contribution in [0.25, 0.3) is 16.0 Å². The van der Waals surface area contributed by atoms with Gasteiger partial charge in [0.05, 0.1) is 11.0 Å². The summed E-state index contributed by atoms with van der Waals surface area (Å²) < 4.78 is 5.66. The van der Waals surface area contributed by atoms with Gasteiger partial charge in [0.15, 0.2) is 10.7 Å². The fraction of sp³-hybridized carbons (Fsp3) is 0.0909. The Morgan fingerprint density at radius 2 is 2.22 bits per heavy atom. The molecular weight excluding hydrogens is 250 g/mol. The molecule has 1 amide bonds. The van der Waals surface area contributed by atoms with Gasteiger partial charge >= 0.3 is 0 Å². The average Bonchev–Trinajstić information content (AvgIpc) is 3.03. The number of amides is 1. The second-order valence-corrected chi connectivity index (χ2v) is 4.34. The van der Waals surface area contributed by atoms with Gasteiger partial charge < -0.3 is 5.32 Å². The molecule has 18 heavy (non-hydrogen) atoms. The predicted molar refractivity (Wildman–Crippen MR) is 67.9 cm³/mol. The number of carbonyl (C=O) groups is 1. The number of carbonyl (C=O) groups excluding carboxylic acids is 1. The van der Waals surface area contributed by atoms with E-state index in [2.05, 4.69) is 19.9 Å². The van der Waals surface area contributed by atoms with Crippen molar-refractivity contribution >= 4 is 28.5 Å². The third-order valence-electron chi connectivity index (χ3n) is 2.59. The molecule has 3 aromatic rings. The molecule has 0 radical (unpaired) electrons. The normalized spacial score (nSPS) is 10.7. The van der Waals surface area contributed by atoms with Crippen LogP contribution in [0.4, 0.5) is 0 Å². The lowest BCUT2D eigenvalue weighted by molar-refractivity contribution is 0.0958. The molecule has 0 aliphatic heterocycles. The number of nitrogens with one attached hydrogen (secondary N) is 1. The number of benzene rings is 1. The molecule has 0 aliphatic rings. The van der Waals surface area contributed by atoms with Crippen LogP contribution in [0.2, 0.25) is 0 Å². The summed E-state index contributed by atoms with van der Waals surface area (Å²) in [6.45, 7) is 0. The Bertz CT molecular complexity index is 717. The molecule has 1 aromatic carbocycles. The second kappa shape index (κ2) is 4.19. The van der Waals surface area contributed by atoms with Crippen LogP contribution in [0.1, 0.15) is 10.5 Å². The quantitative estimate of drug-likeness (QED) is 0.751. The van der Waals surface area contributed by atoms with Crippen LogP contribution in [0.5, 0.6) is 0 Å². The summed E-state index contributed by atoms with van der Waals surface area (Å²) in [6.07, 6.45) is 1.67. The monoisotopic (exact) mass is 259 g/mol. The summed E-state index contributed by atoms with van der Waals surface area (Å²) in [5.74, 6) is -0.253. The van der Waals surface area contributed by atoms with E-state index in [1.54, 1.807) is 13.4 Å². The molecule has 6 nitrogen and oxygen atoms in total. The SMILES string of the molecule is CNC(=O)c1nnsc1-n1cnc2ccccc21. The van der Waals surface area contributed by atoms with Crippen molar-refractivity contribution in [2.45, 2.75) is 0 Å². The molecule has 0 aliphatic carbocycles. The molecule has 0 unspecified atom stereocenters. The third kappa shape index (κ3) is 1.56. The highest BCUT2D eigenvalue weighted by atomic mass is 32.1. The largest absolute Gasteiger partial charge is 0.354 e. The van der Waals surface area contributed by atoms with Crippen LogP contribution in [-0.2, 0) is 0 Å². The molecule has 3 rings (SSSR count). The van der Waals surface area contributed by atoms with Gasteiger partial charge in [-0.15, -0.1) is 5.10 Å². The van der Waals surface area contributed by atoms with E-state index in [9.17, 15) is 4.79 Å². The highest BCUT2D eigenvalue weighted by Gasteiger charge is 2.18. The van der Waals surface area contributed by atoms with Crippen LogP contribution in [0, 0.1) is 0 Å². The van der Waals surface area contributed by atoms with E-state index in [0.29, 0.717) is 10.7 Å². The molecule has 0 saturated heterocycles. The maximum absolute atomic E-state index is 11.7. The van der Waals surface area contributed by atoms with E-state index >= 15 is 0 Å². The molecule has 1 N–H and O–H groups in total. The molecule has 0 atom stereocenters. The number of rotatable bonds is 2. The third-order valence-corrected chi connectivity index (χ3v) is 3.31. The smallest absolute Gasteiger partial charge is 0.274 e. The highest BCUT2D eigenvalue weighted by molar-refractivity contribution is 7.08. The zero-order valence-corrected chi connectivity index (χ0v) is 10.3. The number of aromatic nitrogens is 4. The Morgan fingerprint density at radius 3 is 3.06 bits per heavy atom. The highest BCUT2D eigenvalue weighted by Crippen LogP contribution is 2.22. The predicted octanol–water partition coefficient (Wildman–Crippen LogP) is 1.24. The maximum Gasteiger partial charge on any atom is 0.274 e. The minimum atomic E-state index is -0.253. The Kier molecular flexibility index (Phi) is 2.52. The van der Waals surface area contributed by atoms with Crippen molar-refractivity contribution in [2.75, 3.05) is 7.05 Å². The lowest BCUT2D eigenvalue weighted by Gasteiger charge is -2.01. The van der Waals surface area contributed by atoms with Crippen molar-refractivity contribution in [3.8, 4) is 5.00 Å². The second-order valence-electron chi connectivity index (χ2n) is 3.61. The van der Waals surface area contributed by atoms with E-state index in [4.69, 9.17) is 0 Å². The molecule has 0 fully saturated rings. The van der Waals surface area contributed by atoms with Gasteiger partial charge in [0, 0.05) is 18.6 Å². The van der Waals surface area contributed by atoms with Crippen LogP contribution in [0.3, 0.4) is 0 Å². The zero-order chi connectivity index (χ0) is 12.5. The van der Waals surface area contributed by atoms with Gasteiger partial charge in [-0.3, -0.25) is 9.36 Å². The summed E-state index contributed by atoms with van der Waals surface area (Å²) in [5, 5.41) is 7.08. The Hall–Kier alpha value is -2.28. The molecule has 0 spiro atoms. The van der Waals surface area contributed by atoms with Crippen LogP contribution < -0.4 is 5.32 Å². The maximum atomic E-state index is 11.7. The molecule has 2 heterocycles. The number of para-hydroxylation sites is 2. The van der Waals surface area contributed by atoms with Gasteiger partial charge in [0.1, 0.15) is 6.33 Å². The van der Waals surface area contributed by atoms with E-state index in [0.717, 1.165) is 11.0 Å². The van der Waals surface area contributed by atoms with Crippen LogP contribution in [-0.4, -0.2) is 32.1 Å². The lowest BCUT2D eigenvalue weighted by atomic mass is 10.3. The van der Waals surface area contributed by atoms with Crippen molar-refractivity contribution in [3.05, 3.63) is 36.3 Å². The first-order chi connectivity index (χ1) is 8.81. The molecule has 90 valence electrons. The first-order valence-corrected chi connectivity index (χ1v) is 6.05. The molecule has 7 heteroatoms. The van der Waals surface area contributed by atoms with Crippen molar-refractivity contribution in [2.24, 2.45) is 0 Å². The Balaban J connectivity index is 2.21. The first-order valence-electron chi connectivity index (χ1n) is 5.28. The number of imidazole rings is 1. The minimum Gasteiger partial charge on any atom is -0.354 e. The van der Waals surface area contributed by atoms with E-state index in [1.807, 2.05) is 28.8 Å². The minimum absolute atomic E-state index is 0.253. The fourth-order valence-corrected chi connectivity index (χ4v) is 2.38. The summed E-state index contributed by atoms with van der Waals surface area (Å²) in [4.78, 5) is 16.0.